The van der Waals surface area contributed by atoms with Gasteiger partial charge >= 0.3 is 6.18 Å². The quantitative estimate of drug-likeness (QED) is 0.456. The van der Waals surface area contributed by atoms with Gasteiger partial charge in [0.15, 0.2) is 9.84 Å². The van der Waals surface area contributed by atoms with Crippen molar-refractivity contribution in [3.05, 3.63) is 78.1 Å². The van der Waals surface area contributed by atoms with Crippen LogP contribution in [0.15, 0.2) is 71.6 Å². The largest absolute Gasteiger partial charge is 0.486 e. The van der Waals surface area contributed by atoms with Crippen molar-refractivity contribution in [2.75, 3.05) is 6.26 Å². The van der Waals surface area contributed by atoms with Crippen molar-refractivity contribution in [1.29, 1.82) is 0 Å². The van der Waals surface area contributed by atoms with Crippen molar-refractivity contribution in [1.82, 2.24) is 9.97 Å². The smallest absolute Gasteiger partial charge is 0.416 e. The number of hydrogen-bond acceptors (Lipinski definition) is 4. The van der Waals surface area contributed by atoms with Gasteiger partial charge in [-0.1, -0.05) is 30.3 Å². The van der Waals surface area contributed by atoms with E-state index in [0.717, 1.165) is 18.4 Å². The highest BCUT2D eigenvalue weighted by Gasteiger charge is 2.30. The maximum absolute atomic E-state index is 12.8. The number of nitrogens with zero attached hydrogens (tertiary/aromatic N) is 1. The number of hydrogen-bond donors (Lipinski definition) is 1. The normalized spacial score (nSPS) is 12.3. The van der Waals surface area contributed by atoms with Crippen molar-refractivity contribution >= 4 is 20.9 Å². The Bertz CT molecular complexity index is 1360. The second kappa shape index (κ2) is 7.73. The number of ether oxygens (including phenoxy) is 1. The second-order valence-corrected chi connectivity index (χ2v) is 8.98. The fourth-order valence-electron chi connectivity index (χ4n) is 3.24. The summed E-state index contributed by atoms with van der Waals surface area (Å²) in [5.74, 6) is 0.513. The lowest BCUT2D eigenvalue weighted by Crippen LogP contribution is -2.05. The fraction of sp³-hybridized carbons (Fsp3) is 0.136. The van der Waals surface area contributed by atoms with Crippen molar-refractivity contribution in [3.8, 4) is 16.9 Å². The number of nitrogens with one attached hydrogen (secondary N) is 1. The molecule has 0 amide bonds. The highest BCUT2D eigenvalue weighted by atomic mass is 32.2. The summed E-state index contributed by atoms with van der Waals surface area (Å²) >= 11 is 0. The first-order valence-corrected chi connectivity index (χ1v) is 11.1. The van der Waals surface area contributed by atoms with Crippen LogP contribution >= 0.6 is 0 Å². The predicted molar refractivity (Wildman–Crippen MR) is 110 cm³/mol. The van der Waals surface area contributed by atoms with Crippen molar-refractivity contribution in [2.24, 2.45) is 0 Å². The van der Waals surface area contributed by atoms with Crippen molar-refractivity contribution < 1.29 is 26.3 Å². The van der Waals surface area contributed by atoms with Crippen LogP contribution in [0, 0.1) is 0 Å². The van der Waals surface area contributed by atoms with Crippen LogP contribution in [-0.2, 0) is 22.6 Å². The summed E-state index contributed by atoms with van der Waals surface area (Å²) in [4.78, 5) is 7.70. The minimum Gasteiger partial charge on any atom is -0.486 e. The number of fused-ring (bicyclic) bond motifs is 1. The molecule has 0 radical (unpaired) electrons. The van der Waals surface area contributed by atoms with Crippen LogP contribution in [0.25, 0.3) is 22.2 Å². The number of imidazole rings is 1. The predicted octanol–water partition coefficient (Wildman–Crippen LogP) is 5.23. The number of H-pyrrole nitrogens is 1. The molecule has 160 valence electrons. The highest BCUT2D eigenvalue weighted by Crippen LogP contribution is 2.32. The van der Waals surface area contributed by atoms with E-state index in [2.05, 4.69) is 9.97 Å². The van der Waals surface area contributed by atoms with Crippen LogP contribution in [0.2, 0.25) is 0 Å². The summed E-state index contributed by atoms with van der Waals surface area (Å²) in [6, 6.07) is 16.6. The molecule has 5 nitrogen and oxygen atoms in total. The Morgan fingerprint density at radius 2 is 1.77 bits per heavy atom. The van der Waals surface area contributed by atoms with Gasteiger partial charge in [-0.2, -0.15) is 13.2 Å². The average molecular weight is 446 g/mol. The lowest BCUT2D eigenvalue weighted by Gasteiger charge is -2.09. The van der Waals surface area contributed by atoms with Crippen molar-refractivity contribution in [3.63, 3.8) is 0 Å². The third kappa shape index (κ3) is 4.56. The lowest BCUT2D eigenvalue weighted by molar-refractivity contribution is -0.137. The van der Waals surface area contributed by atoms with E-state index in [1.165, 1.54) is 12.1 Å². The zero-order valence-electron chi connectivity index (χ0n) is 16.3. The van der Waals surface area contributed by atoms with E-state index < -0.39 is 21.6 Å². The number of aromatic nitrogens is 2. The molecule has 0 saturated carbocycles. The maximum atomic E-state index is 12.8. The minimum absolute atomic E-state index is 0.0503. The first-order chi connectivity index (χ1) is 14.6. The molecule has 0 aliphatic rings. The van der Waals surface area contributed by atoms with Gasteiger partial charge in [0, 0.05) is 11.8 Å². The number of rotatable bonds is 5. The molecular weight excluding hydrogens is 429 g/mol. The molecule has 4 rings (SSSR count). The zero-order chi connectivity index (χ0) is 22.2. The number of halogens is 3. The average Bonchev–Trinajstić information content (AvgIpc) is 3.13. The third-order valence-electron chi connectivity index (χ3n) is 4.67. The van der Waals surface area contributed by atoms with Gasteiger partial charge in [-0.25, -0.2) is 13.4 Å². The molecule has 0 aliphatic heterocycles. The Kier molecular flexibility index (Phi) is 5.22. The monoisotopic (exact) mass is 446 g/mol. The van der Waals surface area contributed by atoms with Gasteiger partial charge in [-0.3, -0.25) is 0 Å². The molecule has 0 atom stereocenters. The standard InChI is InChI=1S/C22H17F3N2O3S/c1-31(28,29)20-8-3-2-7-17(20)14-9-10-18-19(11-14)27-21(26-18)13-30-16-6-4-5-15(12-16)22(23,24)25/h2-12H,13H2,1H3,(H,26,27). The Morgan fingerprint density at radius 1 is 1.00 bits per heavy atom. The van der Waals surface area contributed by atoms with Gasteiger partial charge in [0.2, 0.25) is 0 Å². The van der Waals surface area contributed by atoms with Gasteiger partial charge in [0.1, 0.15) is 18.2 Å². The van der Waals surface area contributed by atoms with Crippen LogP contribution in [0.1, 0.15) is 11.4 Å². The number of alkyl halides is 3. The molecule has 0 unspecified atom stereocenters. The summed E-state index contributed by atoms with van der Waals surface area (Å²) in [5.41, 5.74) is 1.75. The first kappa shape index (κ1) is 20.9. The summed E-state index contributed by atoms with van der Waals surface area (Å²) < 4.78 is 68.2. The summed E-state index contributed by atoms with van der Waals surface area (Å²) in [6.07, 6.45) is -3.29. The molecule has 0 fully saturated rings. The van der Waals surface area contributed by atoms with Crippen LogP contribution in [0.3, 0.4) is 0 Å². The second-order valence-electron chi connectivity index (χ2n) is 7.00. The first-order valence-electron chi connectivity index (χ1n) is 9.19. The number of sulfone groups is 1. The zero-order valence-corrected chi connectivity index (χ0v) is 17.1. The molecule has 0 aliphatic carbocycles. The fourth-order valence-corrected chi connectivity index (χ4v) is 4.15. The van der Waals surface area contributed by atoms with Crippen LogP contribution in [-0.4, -0.2) is 24.6 Å². The Hall–Kier alpha value is -3.33. The SMILES string of the molecule is CS(=O)(=O)c1ccccc1-c1ccc2[nH]c(COc3cccc(C(F)(F)F)c3)nc2c1. The molecule has 9 heteroatoms. The molecule has 3 aromatic carbocycles. The molecule has 1 heterocycles. The van der Waals surface area contributed by atoms with Gasteiger partial charge in [0.05, 0.1) is 21.5 Å². The lowest BCUT2D eigenvalue weighted by atomic mass is 10.1. The molecule has 1 N–H and O–H groups in total. The summed E-state index contributed by atoms with van der Waals surface area (Å²) in [7, 11) is -3.41. The molecule has 1 aromatic heterocycles. The van der Waals surface area contributed by atoms with E-state index in [0.29, 0.717) is 28.0 Å². The van der Waals surface area contributed by atoms with Gasteiger partial charge in [-0.15, -0.1) is 0 Å². The van der Waals surface area contributed by atoms with E-state index in [1.807, 2.05) is 0 Å². The van der Waals surface area contributed by atoms with E-state index in [9.17, 15) is 21.6 Å². The van der Waals surface area contributed by atoms with Crippen molar-refractivity contribution in [2.45, 2.75) is 17.7 Å². The van der Waals surface area contributed by atoms with E-state index in [1.54, 1.807) is 42.5 Å². The molecule has 0 bridgehead atoms. The Labute approximate surface area is 176 Å². The van der Waals surface area contributed by atoms with E-state index >= 15 is 0 Å². The summed E-state index contributed by atoms with van der Waals surface area (Å²) in [5, 5.41) is 0. The Balaban J connectivity index is 1.60. The van der Waals surface area contributed by atoms with E-state index in [-0.39, 0.29) is 17.3 Å². The van der Waals surface area contributed by atoms with Gasteiger partial charge in [0.25, 0.3) is 0 Å². The molecule has 31 heavy (non-hydrogen) atoms. The van der Waals surface area contributed by atoms with Crippen LogP contribution < -0.4 is 4.74 Å². The third-order valence-corrected chi connectivity index (χ3v) is 5.82. The Morgan fingerprint density at radius 3 is 2.52 bits per heavy atom. The van der Waals surface area contributed by atoms with E-state index in [4.69, 9.17) is 4.74 Å². The van der Waals surface area contributed by atoms with Crippen LogP contribution in [0.5, 0.6) is 5.75 Å². The minimum atomic E-state index is -4.45. The van der Waals surface area contributed by atoms with Gasteiger partial charge < -0.3 is 9.72 Å². The maximum Gasteiger partial charge on any atom is 0.416 e. The molecular formula is C22H17F3N2O3S. The highest BCUT2D eigenvalue weighted by molar-refractivity contribution is 7.90. The number of aromatic amines is 1. The molecule has 0 saturated heterocycles. The van der Waals surface area contributed by atoms with Gasteiger partial charge in [-0.05, 0) is 42.0 Å². The summed E-state index contributed by atoms with van der Waals surface area (Å²) in [6.45, 7) is -0.0503. The molecule has 4 aromatic rings. The topological polar surface area (TPSA) is 72.0 Å². The van der Waals surface area contributed by atoms with Crippen LogP contribution in [0.4, 0.5) is 13.2 Å². The number of benzene rings is 3. The molecule has 0 spiro atoms.